The van der Waals surface area contributed by atoms with E-state index in [1.165, 1.54) is 0 Å². The highest BCUT2D eigenvalue weighted by Gasteiger charge is 2.26. The minimum absolute atomic E-state index is 0.0127. The standard InChI is InChI=1S/C20H29N3O4/c1-16(2)15-27-20(25)23-9-7-22(8-10-23)19(24)17-3-5-18(6-4-17)21-11-13-26-14-12-21/h3-6,16H,7-15H2,1-2H3. The minimum Gasteiger partial charge on any atom is -0.449 e. The molecule has 0 aromatic heterocycles. The molecule has 148 valence electrons. The molecule has 3 rings (SSSR count). The molecular weight excluding hydrogens is 346 g/mol. The molecule has 2 amide bonds. The number of carbonyl (C=O) groups excluding carboxylic acids is 2. The van der Waals surface area contributed by atoms with Gasteiger partial charge in [0.05, 0.1) is 19.8 Å². The molecule has 7 nitrogen and oxygen atoms in total. The lowest BCUT2D eigenvalue weighted by atomic mass is 10.1. The summed E-state index contributed by atoms with van der Waals surface area (Å²) in [5.41, 5.74) is 1.80. The van der Waals surface area contributed by atoms with Crippen LogP contribution in [-0.4, -0.2) is 80.9 Å². The summed E-state index contributed by atoms with van der Waals surface area (Å²) >= 11 is 0. The summed E-state index contributed by atoms with van der Waals surface area (Å²) in [5.74, 6) is 0.330. The highest BCUT2D eigenvalue weighted by molar-refractivity contribution is 5.94. The Bertz CT molecular complexity index is 633. The number of nitrogens with zero attached hydrogens (tertiary/aromatic N) is 3. The van der Waals surface area contributed by atoms with Gasteiger partial charge in [0.15, 0.2) is 0 Å². The van der Waals surface area contributed by atoms with Gasteiger partial charge in [-0.05, 0) is 30.2 Å². The molecule has 0 bridgehead atoms. The Morgan fingerprint density at radius 3 is 2.15 bits per heavy atom. The van der Waals surface area contributed by atoms with Crippen molar-refractivity contribution < 1.29 is 19.1 Å². The van der Waals surface area contributed by atoms with Crippen LogP contribution in [-0.2, 0) is 9.47 Å². The van der Waals surface area contributed by atoms with Crippen LogP contribution < -0.4 is 4.90 Å². The average Bonchev–Trinajstić information content (AvgIpc) is 2.72. The highest BCUT2D eigenvalue weighted by Crippen LogP contribution is 2.18. The molecule has 2 fully saturated rings. The Balaban J connectivity index is 1.51. The maximum absolute atomic E-state index is 12.7. The zero-order valence-corrected chi connectivity index (χ0v) is 16.2. The number of piperazine rings is 1. The molecule has 0 unspecified atom stereocenters. The van der Waals surface area contributed by atoms with Gasteiger partial charge in [0.1, 0.15) is 0 Å². The zero-order valence-electron chi connectivity index (χ0n) is 16.2. The van der Waals surface area contributed by atoms with E-state index < -0.39 is 0 Å². The van der Waals surface area contributed by atoms with Crippen molar-refractivity contribution in [1.29, 1.82) is 0 Å². The van der Waals surface area contributed by atoms with E-state index in [1.54, 1.807) is 9.80 Å². The van der Waals surface area contributed by atoms with Gasteiger partial charge in [-0.1, -0.05) is 13.8 Å². The monoisotopic (exact) mass is 375 g/mol. The molecule has 27 heavy (non-hydrogen) atoms. The maximum Gasteiger partial charge on any atom is 0.409 e. The molecular formula is C20H29N3O4. The lowest BCUT2D eigenvalue weighted by Gasteiger charge is -2.34. The van der Waals surface area contributed by atoms with Gasteiger partial charge in [-0.15, -0.1) is 0 Å². The zero-order chi connectivity index (χ0) is 19.2. The van der Waals surface area contributed by atoms with Gasteiger partial charge in [-0.2, -0.15) is 0 Å². The van der Waals surface area contributed by atoms with E-state index in [-0.39, 0.29) is 12.0 Å². The third-order valence-electron chi connectivity index (χ3n) is 4.86. The summed E-state index contributed by atoms with van der Waals surface area (Å²) in [6, 6.07) is 7.77. The van der Waals surface area contributed by atoms with Crippen LogP contribution in [0.15, 0.2) is 24.3 Å². The molecule has 0 aliphatic carbocycles. The molecule has 1 aromatic carbocycles. The SMILES string of the molecule is CC(C)COC(=O)N1CCN(C(=O)c2ccc(N3CCOCC3)cc2)CC1. The Morgan fingerprint density at radius 1 is 0.963 bits per heavy atom. The maximum atomic E-state index is 12.7. The molecule has 2 aliphatic heterocycles. The molecule has 2 saturated heterocycles. The molecule has 0 saturated carbocycles. The van der Waals surface area contributed by atoms with E-state index in [2.05, 4.69) is 4.90 Å². The van der Waals surface area contributed by atoms with Crippen LogP contribution in [0.25, 0.3) is 0 Å². The minimum atomic E-state index is -0.286. The molecule has 0 spiro atoms. The first-order valence-electron chi connectivity index (χ1n) is 9.68. The first kappa shape index (κ1) is 19.5. The topological polar surface area (TPSA) is 62.3 Å². The normalized spacial score (nSPS) is 18.0. The molecule has 0 atom stereocenters. The quantitative estimate of drug-likeness (QED) is 0.806. The van der Waals surface area contributed by atoms with Gasteiger partial charge < -0.3 is 24.2 Å². The van der Waals surface area contributed by atoms with E-state index in [4.69, 9.17) is 9.47 Å². The van der Waals surface area contributed by atoms with Crippen molar-refractivity contribution in [3.8, 4) is 0 Å². The number of rotatable bonds is 4. The molecule has 7 heteroatoms. The Labute approximate surface area is 160 Å². The van der Waals surface area contributed by atoms with Crippen molar-refractivity contribution >= 4 is 17.7 Å². The van der Waals surface area contributed by atoms with Crippen LogP contribution in [0.3, 0.4) is 0 Å². The largest absolute Gasteiger partial charge is 0.449 e. The third kappa shape index (κ3) is 5.13. The average molecular weight is 375 g/mol. The van der Waals surface area contributed by atoms with E-state index in [9.17, 15) is 9.59 Å². The van der Waals surface area contributed by atoms with Gasteiger partial charge in [0.25, 0.3) is 5.91 Å². The van der Waals surface area contributed by atoms with Gasteiger partial charge in [0.2, 0.25) is 0 Å². The lowest BCUT2D eigenvalue weighted by Crippen LogP contribution is -2.50. The number of benzene rings is 1. The summed E-state index contributed by atoms with van der Waals surface area (Å²) in [6.07, 6.45) is -0.286. The van der Waals surface area contributed by atoms with E-state index >= 15 is 0 Å². The van der Waals surface area contributed by atoms with Crippen LogP contribution in [0, 0.1) is 5.92 Å². The second-order valence-electron chi connectivity index (χ2n) is 7.40. The number of anilines is 1. The van der Waals surface area contributed by atoms with Crippen molar-refractivity contribution in [2.75, 3.05) is 64.0 Å². The number of amides is 2. The highest BCUT2D eigenvalue weighted by atomic mass is 16.6. The lowest BCUT2D eigenvalue weighted by molar-refractivity contribution is 0.0535. The van der Waals surface area contributed by atoms with Crippen molar-refractivity contribution in [1.82, 2.24) is 9.80 Å². The van der Waals surface area contributed by atoms with Crippen LogP contribution >= 0.6 is 0 Å². The van der Waals surface area contributed by atoms with E-state index in [1.807, 2.05) is 38.1 Å². The summed E-state index contributed by atoms with van der Waals surface area (Å²) in [7, 11) is 0. The smallest absolute Gasteiger partial charge is 0.409 e. The number of hydrogen-bond donors (Lipinski definition) is 0. The molecule has 2 aliphatic rings. The second kappa shape index (κ2) is 9.08. The third-order valence-corrected chi connectivity index (χ3v) is 4.86. The van der Waals surface area contributed by atoms with Crippen LogP contribution in [0.4, 0.5) is 10.5 Å². The van der Waals surface area contributed by atoms with Crippen LogP contribution in [0.2, 0.25) is 0 Å². The van der Waals surface area contributed by atoms with Crippen LogP contribution in [0.5, 0.6) is 0 Å². The first-order valence-corrected chi connectivity index (χ1v) is 9.68. The molecule has 0 radical (unpaired) electrons. The Hall–Kier alpha value is -2.28. The summed E-state index contributed by atoms with van der Waals surface area (Å²) < 4.78 is 10.6. The number of hydrogen-bond acceptors (Lipinski definition) is 5. The fourth-order valence-corrected chi connectivity index (χ4v) is 3.24. The van der Waals surface area contributed by atoms with Crippen molar-refractivity contribution in [3.63, 3.8) is 0 Å². The summed E-state index contributed by atoms with van der Waals surface area (Å²) in [6.45, 7) is 9.75. The van der Waals surface area contributed by atoms with Gasteiger partial charge in [-0.25, -0.2) is 4.79 Å². The van der Waals surface area contributed by atoms with Gasteiger partial charge in [0, 0.05) is 50.5 Å². The molecule has 0 N–H and O–H groups in total. The predicted octanol–water partition coefficient (Wildman–Crippen LogP) is 2.07. The fourth-order valence-electron chi connectivity index (χ4n) is 3.24. The van der Waals surface area contributed by atoms with E-state index in [0.29, 0.717) is 44.3 Å². The summed E-state index contributed by atoms with van der Waals surface area (Å²) in [4.78, 5) is 30.5. The Kier molecular flexibility index (Phi) is 6.55. The number of ether oxygens (including phenoxy) is 2. The van der Waals surface area contributed by atoms with Crippen molar-refractivity contribution in [2.45, 2.75) is 13.8 Å². The molecule has 2 heterocycles. The van der Waals surface area contributed by atoms with Gasteiger partial charge >= 0.3 is 6.09 Å². The predicted molar refractivity (Wildman–Crippen MR) is 103 cm³/mol. The fraction of sp³-hybridized carbons (Fsp3) is 0.600. The van der Waals surface area contributed by atoms with E-state index in [0.717, 1.165) is 32.0 Å². The summed E-state index contributed by atoms with van der Waals surface area (Å²) in [5, 5.41) is 0. The van der Waals surface area contributed by atoms with Gasteiger partial charge in [-0.3, -0.25) is 4.79 Å². The second-order valence-corrected chi connectivity index (χ2v) is 7.40. The Morgan fingerprint density at radius 2 is 1.56 bits per heavy atom. The van der Waals surface area contributed by atoms with Crippen molar-refractivity contribution in [3.05, 3.63) is 29.8 Å². The van der Waals surface area contributed by atoms with Crippen molar-refractivity contribution in [2.24, 2.45) is 5.92 Å². The number of carbonyl (C=O) groups is 2. The molecule has 1 aromatic rings. The first-order chi connectivity index (χ1) is 13.0. The van der Waals surface area contributed by atoms with Crippen LogP contribution in [0.1, 0.15) is 24.2 Å². The number of morpholine rings is 1.